The molecule has 31 heavy (non-hydrogen) atoms. The van der Waals surface area contributed by atoms with Crippen LogP contribution in [0.25, 0.3) is 33.5 Å². The number of aromatic amines is 2. The standard InChI is InChI=1S/C23H16N6O2/c30-21(14-5-2-1-3-6-14)23(31)26-17-8-4-7-15(11-17)20-18-12-16(22-24-13-25-29-22)9-10-19(18)27-28-20/h1-13H,(H,26,31)(H,27,28)(H,24,25,29). The molecule has 0 unspecified atom stereocenters. The van der Waals surface area contributed by atoms with Gasteiger partial charge in [0.25, 0.3) is 11.7 Å². The zero-order chi connectivity index (χ0) is 21.2. The van der Waals surface area contributed by atoms with Crippen LogP contribution in [0.3, 0.4) is 0 Å². The second kappa shape index (κ2) is 7.68. The summed E-state index contributed by atoms with van der Waals surface area (Å²) in [5.41, 5.74) is 4.12. The number of nitrogens with zero attached hydrogens (tertiary/aromatic N) is 3. The van der Waals surface area contributed by atoms with E-state index in [0.717, 1.165) is 27.7 Å². The first kappa shape index (κ1) is 18.4. The minimum Gasteiger partial charge on any atom is -0.319 e. The molecule has 0 aliphatic heterocycles. The highest BCUT2D eigenvalue weighted by molar-refractivity contribution is 6.46. The van der Waals surface area contributed by atoms with Crippen molar-refractivity contribution in [1.82, 2.24) is 25.4 Å². The van der Waals surface area contributed by atoms with E-state index in [9.17, 15) is 9.59 Å². The molecule has 8 heteroatoms. The normalized spacial score (nSPS) is 10.8. The summed E-state index contributed by atoms with van der Waals surface area (Å²) < 4.78 is 0. The Labute approximate surface area is 176 Å². The summed E-state index contributed by atoms with van der Waals surface area (Å²) in [6.45, 7) is 0. The molecule has 5 aromatic rings. The van der Waals surface area contributed by atoms with E-state index in [1.807, 2.05) is 24.3 Å². The molecule has 2 aromatic heterocycles. The number of amides is 1. The number of benzene rings is 3. The number of anilines is 1. The lowest BCUT2D eigenvalue weighted by atomic mass is 10.0. The second-order valence-corrected chi connectivity index (χ2v) is 6.90. The Morgan fingerprint density at radius 3 is 2.52 bits per heavy atom. The molecular weight excluding hydrogens is 392 g/mol. The van der Waals surface area contributed by atoms with Gasteiger partial charge >= 0.3 is 0 Å². The minimum atomic E-state index is -0.692. The highest BCUT2D eigenvalue weighted by Crippen LogP contribution is 2.30. The summed E-state index contributed by atoms with van der Waals surface area (Å²) in [5, 5.41) is 17.8. The molecule has 150 valence electrons. The molecule has 0 spiro atoms. The van der Waals surface area contributed by atoms with Gasteiger partial charge in [0, 0.05) is 27.8 Å². The van der Waals surface area contributed by atoms with Crippen molar-refractivity contribution in [3.63, 3.8) is 0 Å². The van der Waals surface area contributed by atoms with E-state index < -0.39 is 11.7 Å². The minimum absolute atomic E-state index is 0.342. The van der Waals surface area contributed by atoms with Gasteiger partial charge in [-0.3, -0.25) is 19.8 Å². The van der Waals surface area contributed by atoms with Crippen LogP contribution >= 0.6 is 0 Å². The Morgan fingerprint density at radius 1 is 0.839 bits per heavy atom. The van der Waals surface area contributed by atoms with Gasteiger partial charge < -0.3 is 5.32 Å². The Balaban J connectivity index is 1.45. The van der Waals surface area contributed by atoms with E-state index in [1.165, 1.54) is 6.33 Å². The molecule has 1 amide bonds. The van der Waals surface area contributed by atoms with Crippen molar-refractivity contribution < 1.29 is 9.59 Å². The molecule has 0 atom stereocenters. The molecule has 0 aliphatic rings. The number of ketones is 1. The molecule has 3 N–H and O–H groups in total. The van der Waals surface area contributed by atoms with Crippen LogP contribution in [0, 0.1) is 0 Å². The number of carbonyl (C=O) groups is 2. The molecule has 0 bridgehead atoms. The van der Waals surface area contributed by atoms with Crippen molar-refractivity contribution in [3.8, 4) is 22.6 Å². The maximum Gasteiger partial charge on any atom is 0.296 e. The summed E-state index contributed by atoms with van der Waals surface area (Å²) in [6, 6.07) is 21.5. The van der Waals surface area contributed by atoms with E-state index >= 15 is 0 Å². The van der Waals surface area contributed by atoms with Gasteiger partial charge in [-0.25, -0.2) is 4.98 Å². The van der Waals surface area contributed by atoms with E-state index in [2.05, 4.69) is 30.7 Å². The fraction of sp³-hybridized carbons (Fsp3) is 0. The van der Waals surface area contributed by atoms with Crippen molar-refractivity contribution in [2.24, 2.45) is 0 Å². The number of Topliss-reactive ketones (excluding diaryl/α,β-unsaturated/α-hetero) is 1. The fourth-order valence-electron chi connectivity index (χ4n) is 3.38. The molecule has 3 aromatic carbocycles. The van der Waals surface area contributed by atoms with Gasteiger partial charge in [0.2, 0.25) is 0 Å². The van der Waals surface area contributed by atoms with Crippen LogP contribution < -0.4 is 5.32 Å². The number of nitrogens with one attached hydrogen (secondary N) is 3. The van der Waals surface area contributed by atoms with Crippen LogP contribution in [-0.4, -0.2) is 37.1 Å². The Bertz CT molecular complexity index is 1390. The lowest BCUT2D eigenvalue weighted by Crippen LogP contribution is -2.22. The maximum atomic E-state index is 12.4. The van der Waals surface area contributed by atoms with Crippen LogP contribution in [0.1, 0.15) is 10.4 Å². The third kappa shape index (κ3) is 3.58. The smallest absolute Gasteiger partial charge is 0.296 e. The zero-order valence-electron chi connectivity index (χ0n) is 16.2. The number of hydrogen-bond acceptors (Lipinski definition) is 5. The van der Waals surface area contributed by atoms with Crippen LogP contribution in [0.15, 0.2) is 79.1 Å². The number of aromatic nitrogens is 5. The van der Waals surface area contributed by atoms with Gasteiger partial charge in [-0.05, 0) is 30.3 Å². The molecule has 0 saturated carbocycles. The first-order valence-corrected chi connectivity index (χ1v) is 9.54. The fourth-order valence-corrected chi connectivity index (χ4v) is 3.38. The summed E-state index contributed by atoms with van der Waals surface area (Å²) >= 11 is 0. The third-order valence-corrected chi connectivity index (χ3v) is 4.89. The van der Waals surface area contributed by atoms with Gasteiger partial charge in [0.05, 0.1) is 11.2 Å². The third-order valence-electron chi connectivity index (χ3n) is 4.89. The quantitative estimate of drug-likeness (QED) is 0.302. The van der Waals surface area contributed by atoms with E-state index in [-0.39, 0.29) is 0 Å². The largest absolute Gasteiger partial charge is 0.319 e. The highest BCUT2D eigenvalue weighted by Gasteiger charge is 2.17. The topological polar surface area (TPSA) is 116 Å². The molecule has 0 fully saturated rings. The van der Waals surface area contributed by atoms with Crippen molar-refractivity contribution in [3.05, 3.63) is 84.7 Å². The van der Waals surface area contributed by atoms with Crippen LogP contribution in [0.2, 0.25) is 0 Å². The zero-order valence-corrected chi connectivity index (χ0v) is 16.2. The molecule has 2 heterocycles. The van der Waals surface area contributed by atoms with Gasteiger partial charge in [-0.2, -0.15) is 10.2 Å². The SMILES string of the molecule is O=C(Nc1cccc(-c2n[nH]c3ccc(-c4ncn[nH]4)cc23)c1)C(=O)c1ccccc1. The van der Waals surface area contributed by atoms with Gasteiger partial charge in [0.1, 0.15) is 6.33 Å². The number of rotatable bonds is 5. The molecular formula is C23H16N6O2. The van der Waals surface area contributed by atoms with Gasteiger partial charge in [-0.15, -0.1) is 0 Å². The van der Waals surface area contributed by atoms with Crippen LogP contribution in [0.5, 0.6) is 0 Å². The van der Waals surface area contributed by atoms with Crippen molar-refractivity contribution >= 4 is 28.3 Å². The predicted molar refractivity (Wildman–Crippen MR) is 116 cm³/mol. The molecule has 5 rings (SSSR count). The summed E-state index contributed by atoms with van der Waals surface area (Å²) in [7, 11) is 0. The van der Waals surface area contributed by atoms with Crippen molar-refractivity contribution in [2.45, 2.75) is 0 Å². The maximum absolute atomic E-state index is 12.4. The Hall–Kier alpha value is -4.59. The average Bonchev–Trinajstić information content (AvgIpc) is 3.49. The summed E-state index contributed by atoms with van der Waals surface area (Å²) in [6.07, 6.45) is 1.46. The van der Waals surface area contributed by atoms with Crippen molar-refractivity contribution in [1.29, 1.82) is 0 Å². The van der Waals surface area contributed by atoms with Crippen LogP contribution in [-0.2, 0) is 4.79 Å². The summed E-state index contributed by atoms with van der Waals surface area (Å²) in [4.78, 5) is 28.9. The van der Waals surface area contributed by atoms with E-state index in [1.54, 1.807) is 48.5 Å². The monoisotopic (exact) mass is 408 g/mol. The van der Waals surface area contributed by atoms with Crippen molar-refractivity contribution in [2.75, 3.05) is 5.32 Å². The lowest BCUT2D eigenvalue weighted by Gasteiger charge is -2.07. The van der Waals surface area contributed by atoms with Gasteiger partial charge in [0.15, 0.2) is 5.82 Å². The summed E-state index contributed by atoms with van der Waals surface area (Å²) in [5.74, 6) is -0.620. The number of fused-ring (bicyclic) bond motifs is 1. The Kier molecular flexibility index (Phi) is 4.57. The molecule has 0 saturated heterocycles. The van der Waals surface area contributed by atoms with Gasteiger partial charge in [-0.1, -0.05) is 42.5 Å². The second-order valence-electron chi connectivity index (χ2n) is 6.90. The Morgan fingerprint density at radius 2 is 1.71 bits per heavy atom. The predicted octanol–water partition coefficient (Wildman–Crippen LogP) is 3.84. The highest BCUT2D eigenvalue weighted by atomic mass is 16.2. The van der Waals surface area contributed by atoms with E-state index in [4.69, 9.17) is 0 Å². The first-order valence-electron chi connectivity index (χ1n) is 9.54. The lowest BCUT2D eigenvalue weighted by molar-refractivity contribution is -0.112. The van der Waals surface area contributed by atoms with E-state index in [0.29, 0.717) is 17.1 Å². The van der Waals surface area contributed by atoms with Crippen LogP contribution in [0.4, 0.5) is 5.69 Å². The first-order chi connectivity index (χ1) is 15.2. The molecule has 0 aliphatic carbocycles. The molecule has 8 nitrogen and oxygen atoms in total. The number of carbonyl (C=O) groups excluding carboxylic acids is 2. The average molecular weight is 408 g/mol. The number of H-pyrrole nitrogens is 2. The molecule has 0 radical (unpaired) electrons. The number of hydrogen-bond donors (Lipinski definition) is 3.